The van der Waals surface area contributed by atoms with E-state index >= 15 is 0 Å². The lowest BCUT2D eigenvalue weighted by Crippen LogP contribution is -2.36. The van der Waals surface area contributed by atoms with Crippen molar-refractivity contribution in [3.8, 4) is 95.8 Å². The molecule has 8 amide bonds. The number of halogens is 4. The number of methoxy groups -OCH3 is 1. The van der Waals surface area contributed by atoms with Crippen LogP contribution in [0.4, 0.5) is 102 Å². The van der Waals surface area contributed by atoms with Crippen LogP contribution >= 0.6 is 11.6 Å². The number of imidazole rings is 4. The van der Waals surface area contributed by atoms with Crippen molar-refractivity contribution in [1.29, 1.82) is 0 Å². The summed E-state index contributed by atoms with van der Waals surface area (Å²) < 4.78 is 65.4. The molecule has 20 rings (SSSR count). The van der Waals surface area contributed by atoms with Gasteiger partial charge in [-0.3, -0.25) is 19.9 Å². The highest BCUT2D eigenvalue weighted by molar-refractivity contribution is 6.30. The molecule has 12 heterocycles. The Bertz CT molecular complexity index is 6630. The monoisotopic (exact) mass is 1910 g/mol. The minimum Gasteiger partial charge on any atom is -0.497 e. The summed E-state index contributed by atoms with van der Waals surface area (Å²) in [6.07, 6.45) is 9.54. The SMILES string of the molecule is COc1ccc(NC(=O)Nc2cccc(-c3nc(N4CCOCC4)[nH]c3-c3ccncc3)c2)cc1.Cc1ccc(NC(=O)Nc2cccc(-c3nc(N4CCOCC4)[nH]c3-c3ccncc3)c2)cc1.O=C(Nc1ccc(C(F)(F)F)cc1)Nc1cccc(-c2nc(N3CCOCC3)[nH]c2-c2ccncc2)c1.O=C(Nc1ccc(Cl)cc1)Nc1cccc(-c2nc(N3CCOCC3)[nH]c2-c2ccncc2)c1. The van der Waals surface area contributed by atoms with Gasteiger partial charge in [-0.2, -0.15) is 13.2 Å². The van der Waals surface area contributed by atoms with Gasteiger partial charge in [-0.05, 0) is 189 Å². The fourth-order valence-corrected chi connectivity index (χ4v) is 15.8. The van der Waals surface area contributed by atoms with E-state index in [0.29, 0.717) is 111 Å². The summed E-state index contributed by atoms with van der Waals surface area (Å²) in [5, 5.41) is 23.1. The fourth-order valence-electron chi connectivity index (χ4n) is 15.6. The number of morpholine rings is 4. The number of rotatable bonds is 21. The molecule has 140 heavy (non-hydrogen) atoms. The van der Waals surface area contributed by atoms with Crippen molar-refractivity contribution in [2.24, 2.45) is 0 Å². The van der Waals surface area contributed by atoms with Crippen molar-refractivity contribution in [3.05, 3.63) is 308 Å². The molecule has 0 atom stereocenters. The highest BCUT2D eigenvalue weighted by Gasteiger charge is 2.31. The summed E-state index contributed by atoms with van der Waals surface area (Å²) in [7, 11) is 1.60. The Hall–Kier alpha value is -16.8. The molecule has 16 aromatic rings. The molecule has 0 unspecified atom stereocenters. The highest BCUT2D eigenvalue weighted by Crippen LogP contribution is 2.40. The van der Waals surface area contributed by atoms with Crippen LogP contribution in [0.2, 0.25) is 5.02 Å². The summed E-state index contributed by atoms with van der Waals surface area (Å²) in [5.41, 5.74) is 19.1. The molecule has 4 fully saturated rings. The molecule has 712 valence electrons. The summed E-state index contributed by atoms with van der Waals surface area (Å²) in [6.45, 7) is 13.4. The third-order valence-electron chi connectivity index (χ3n) is 22.7. The maximum Gasteiger partial charge on any atom is 0.416 e. The summed E-state index contributed by atoms with van der Waals surface area (Å²) in [6, 6.07) is 70.1. The topological polar surface area (TPSA) is 390 Å². The maximum absolute atomic E-state index is 12.8. The van der Waals surface area contributed by atoms with Gasteiger partial charge in [-0.15, -0.1) is 0 Å². The molecule has 37 heteroatoms. The lowest BCUT2D eigenvalue weighted by atomic mass is 10.1. The number of anilines is 12. The number of H-pyrrole nitrogens is 4. The Morgan fingerprint density at radius 1 is 0.314 bits per heavy atom. The van der Waals surface area contributed by atoms with E-state index in [9.17, 15) is 32.3 Å². The number of benzene rings is 8. The average molecular weight is 1910 g/mol. The number of amides is 8. The number of carbonyl (C=O) groups excluding carboxylic acids is 4. The molecule has 8 aromatic carbocycles. The summed E-state index contributed by atoms with van der Waals surface area (Å²) in [5.74, 6) is 3.85. The number of aromatic amines is 4. The molecule has 33 nitrogen and oxygen atoms in total. The Balaban J connectivity index is 0.000000129. The zero-order chi connectivity index (χ0) is 96.5. The third-order valence-corrected chi connectivity index (χ3v) is 22.9. The number of carbonyl (C=O) groups is 4. The average Bonchev–Trinajstić information content (AvgIpc) is 1.67. The van der Waals surface area contributed by atoms with Gasteiger partial charge in [0, 0.05) is 197 Å². The molecule has 8 aromatic heterocycles. The molecular formula is C103H98ClF3N24O9. The van der Waals surface area contributed by atoms with E-state index in [0.717, 1.165) is 177 Å². The van der Waals surface area contributed by atoms with Crippen LogP contribution in [0.25, 0.3) is 90.1 Å². The maximum atomic E-state index is 12.8. The van der Waals surface area contributed by atoms with Gasteiger partial charge in [0.25, 0.3) is 0 Å². The molecule has 4 aliphatic rings. The van der Waals surface area contributed by atoms with Gasteiger partial charge < -0.3 is 106 Å². The molecule has 0 spiro atoms. The summed E-state index contributed by atoms with van der Waals surface area (Å²) in [4.78, 5) is 109. The first kappa shape index (κ1) is 94.9. The normalized spacial score (nSPS) is 13.6. The van der Waals surface area contributed by atoms with Crippen molar-refractivity contribution in [1.82, 2.24) is 59.8 Å². The third kappa shape index (κ3) is 25.3. The van der Waals surface area contributed by atoms with Crippen LogP contribution in [0, 0.1) is 6.92 Å². The number of hydrogen-bond acceptors (Lipinski definition) is 21. The molecule has 4 aliphatic heterocycles. The number of pyridine rings is 4. The van der Waals surface area contributed by atoms with E-state index in [4.69, 9.17) is 55.2 Å². The van der Waals surface area contributed by atoms with Gasteiger partial charge in [-0.25, -0.2) is 39.1 Å². The number of aromatic nitrogens is 12. The number of ether oxygens (including phenoxy) is 5. The highest BCUT2D eigenvalue weighted by atomic mass is 35.5. The fraction of sp³-hybridized carbons (Fsp3) is 0.184. The Morgan fingerprint density at radius 3 is 0.800 bits per heavy atom. The smallest absolute Gasteiger partial charge is 0.416 e. The van der Waals surface area contributed by atoms with Crippen LogP contribution in [0.1, 0.15) is 11.1 Å². The zero-order valence-corrected chi connectivity index (χ0v) is 76.8. The van der Waals surface area contributed by atoms with Gasteiger partial charge in [-0.1, -0.05) is 77.8 Å². The predicted octanol–water partition coefficient (Wildman–Crippen LogP) is 20.5. The van der Waals surface area contributed by atoms with Gasteiger partial charge in [0.1, 0.15) is 5.75 Å². The number of nitrogens with one attached hydrogen (secondary N) is 12. The number of hydrogen-bond donors (Lipinski definition) is 12. The quantitative estimate of drug-likeness (QED) is 0.0318. The van der Waals surface area contributed by atoms with Gasteiger partial charge >= 0.3 is 30.3 Å². The van der Waals surface area contributed by atoms with Crippen molar-refractivity contribution in [2.45, 2.75) is 13.1 Å². The standard InChI is InChI=1S/C26H23F3N6O2.C26H26N6O3.C26H26N6O2.C25H23ClN6O2/c27-26(28,29)19-4-6-20(7-5-19)31-25(36)32-21-3-1-2-18(16-21)23-22(17-8-10-30-11-9-17)33-24(34-23)35-12-14-37-15-13-35;1-34-22-7-5-20(6-8-22)28-26(33)29-21-4-2-3-19(17-21)24-23(18-9-11-27-12-10-18)30-25(31-24)32-13-15-35-16-14-32;1-18-5-7-21(8-6-18)28-26(33)29-22-4-2-3-20(17-22)24-23(19-9-11-27-12-10-19)30-25(31-24)32-13-15-34-16-14-32;26-19-4-6-20(7-5-19)28-25(33)29-21-3-1-2-18(16-21)23-22(17-8-10-27-11-9-17)30-24(31-23)32-12-14-34-15-13-32/h1-11,16H,12-15H2,(H,33,34)(H2,31,32,36);2-12,17H,13-16H2,1H3,(H,30,31)(H2,28,29,33);2-12,17H,13-16H2,1H3,(H,30,31)(H2,28,29,33);1-11,16H,12-15H2,(H,30,31)(H2,28,29,33). The molecule has 0 saturated carbocycles. The Kier molecular flexibility index (Phi) is 31.0. The van der Waals surface area contributed by atoms with Crippen LogP contribution in [0.15, 0.2) is 292 Å². The first-order chi connectivity index (χ1) is 68.4. The molecule has 0 radical (unpaired) electrons. The van der Waals surface area contributed by atoms with Gasteiger partial charge in [0.05, 0.1) is 111 Å². The predicted molar refractivity (Wildman–Crippen MR) is 539 cm³/mol. The molecular weight excluding hydrogens is 1810 g/mol. The van der Waals surface area contributed by atoms with Crippen molar-refractivity contribution < 1.29 is 56.0 Å². The second kappa shape index (κ2) is 45.7. The first-order valence-electron chi connectivity index (χ1n) is 45.1. The van der Waals surface area contributed by atoms with Crippen molar-refractivity contribution in [2.75, 3.05) is 174 Å². The Morgan fingerprint density at radius 2 is 0.550 bits per heavy atom. The van der Waals surface area contributed by atoms with E-state index in [1.807, 2.05) is 159 Å². The van der Waals surface area contributed by atoms with E-state index in [2.05, 4.69) is 102 Å². The van der Waals surface area contributed by atoms with E-state index < -0.39 is 17.8 Å². The number of nitrogens with zero attached hydrogens (tertiary/aromatic N) is 12. The lowest BCUT2D eigenvalue weighted by molar-refractivity contribution is -0.137. The largest absolute Gasteiger partial charge is 0.497 e. The van der Waals surface area contributed by atoms with Crippen molar-refractivity contribution >= 4 is 105 Å². The second-order valence-electron chi connectivity index (χ2n) is 32.3. The number of urea groups is 4. The van der Waals surface area contributed by atoms with E-state index in [1.165, 1.54) is 12.1 Å². The molecule has 0 aliphatic carbocycles. The molecule has 4 saturated heterocycles. The van der Waals surface area contributed by atoms with Crippen LogP contribution in [0.5, 0.6) is 5.75 Å². The van der Waals surface area contributed by atoms with Crippen molar-refractivity contribution in [3.63, 3.8) is 0 Å². The van der Waals surface area contributed by atoms with Gasteiger partial charge in [0.2, 0.25) is 23.8 Å². The van der Waals surface area contributed by atoms with Crippen LogP contribution in [0.3, 0.4) is 0 Å². The molecule has 0 bridgehead atoms. The number of alkyl halides is 3. The Labute approximate surface area is 808 Å². The zero-order valence-electron chi connectivity index (χ0n) is 76.1. The number of aryl methyl sites for hydroxylation is 1. The second-order valence-corrected chi connectivity index (χ2v) is 32.7. The van der Waals surface area contributed by atoms with Crippen LogP contribution in [-0.2, 0) is 25.1 Å². The van der Waals surface area contributed by atoms with Crippen LogP contribution < -0.4 is 66.9 Å². The lowest BCUT2D eigenvalue weighted by Gasteiger charge is -2.26. The summed E-state index contributed by atoms with van der Waals surface area (Å²) >= 11 is 5.91. The van der Waals surface area contributed by atoms with E-state index in [-0.39, 0.29) is 23.8 Å². The van der Waals surface area contributed by atoms with E-state index in [1.54, 1.807) is 123 Å². The van der Waals surface area contributed by atoms with Gasteiger partial charge in [0.15, 0.2) is 0 Å². The first-order valence-corrected chi connectivity index (χ1v) is 45.4. The van der Waals surface area contributed by atoms with Crippen LogP contribution in [-0.4, -0.2) is 196 Å². The minimum atomic E-state index is -4.44. The minimum absolute atomic E-state index is 0.240. The molecule has 12 N–H and O–H groups in total.